The van der Waals surface area contributed by atoms with Crippen LogP contribution in [0, 0.1) is 0 Å². The number of benzene rings is 3. The van der Waals surface area contributed by atoms with Crippen molar-refractivity contribution in [3.8, 4) is 17.2 Å². The van der Waals surface area contributed by atoms with E-state index < -0.39 is 17.9 Å². The molecule has 3 rings (SSSR count). The molecule has 10 heteroatoms. The maximum absolute atomic E-state index is 11.6. The molecule has 0 heterocycles. The molecule has 3 aromatic rings. The summed E-state index contributed by atoms with van der Waals surface area (Å²) in [6.07, 6.45) is 0. The molecule has 0 N–H and O–H groups in total. The number of rotatable bonds is 15. The lowest BCUT2D eigenvalue weighted by molar-refractivity contribution is 0.0591. The molecule has 0 saturated heterocycles. The third kappa shape index (κ3) is 9.32. The smallest absolute Gasteiger partial charge is 0.337 e. The van der Waals surface area contributed by atoms with Crippen molar-refractivity contribution in [3.05, 3.63) is 89.5 Å². The van der Waals surface area contributed by atoms with Crippen LogP contribution >= 0.6 is 0 Å². The second-order valence-electron chi connectivity index (χ2n) is 8.43. The number of hydrogen-bond acceptors (Lipinski definition) is 10. The maximum Gasteiger partial charge on any atom is 0.337 e. The van der Waals surface area contributed by atoms with E-state index in [4.69, 9.17) is 28.4 Å². The van der Waals surface area contributed by atoms with Gasteiger partial charge in [0.15, 0.2) is 0 Å². The lowest BCUT2D eigenvalue weighted by Gasteiger charge is -2.22. The van der Waals surface area contributed by atoms with Crippen molar-refractivity contribution in [2.45, 2.75) is 0 Å². The van der Waals surface area contributed by atoms with Crippen LogP contribution in [0.1, 0.15) is 31.1 Å². The number of carbonyl (C=O) groups excluding carboxylic acids is 3. The standard InChI is InChI=1S/C30H33NO9/c1-35-28(32)22-4-10-25(11-5-22)38-19-16-31(17-20-39-26-12-6-23(7-13-26)29(33)36-2)18-21-40-27-14-8-24(9-15-27)30(34)37-3/h4-15H,16-21H2,1-3H3. The van der Waals surface area contributed by atoms with Crippen LogP contribution in [-0.4, -0.2) is 83.6 Å². The lowest BCUT2D eigenvalue weighted by atomic mass is 10.2. The van der Waals surface area contributed by atoms with Crippen molar-refractivity contribution in [1.82, 2.24) is 4.90 Å². The maximum atomic E-state index is 11.6. The summed E-state index contributed by atoms with van der Waals surface area (Å²) in [5.41, 5.74) is 1.35. The third-order valence-electron chi connectivity index (χ3n) is 5.85. The Morgan fingerprint density at radius 1 is 0.475 bits per heavy atom. The van der Waals surface area contributed by atoms with Crippen LogP contribution in [0.25, 0.3) is 0 Å². The minimum atomic E-state index is -0.405. The Bertz CT molecular complexity index is 1070. The summed E-state index contributed by atoms with van der Waals surface area (Å²) in [4.78, 5) is 37.0. The van der Waals surface area contributed by atoms with Crippen molar-refractivity contribution >= 4 is 17.9 Å². The van der Waals surface area contributed by atoms with Crippen molar-refractivity contribution in [2.24, 2.45) is 0 Å². The van der Waals surface area contributed by atoms with Crippen molar-refractivity contribution in [1.29, 1.82) is 0 Å². The highest BCUT2D eigenvalue weighted by atomic mass is 16.5. The van der Waals surface area contributed by atoms with Gasteiger partial charge < -0.3 is 28.4 Å². The second kappa shape index (κ2) is 15.7. The van der Waals surface area contributed by atoms with E-state index in [1.165, 1.54) is 21.3 Å². The summed E-state index contributed by atoms with van der Waals surface area (Å²) in [5, 5.41) is 0. The third-order valence-corrected chi connectivity index (χ3v) is 5.85. The minimum Gasteiger partial charge on any atom is -0.492 e. The van der Waals surface area contributed by atoms with Gasteiger partial charge in [-0.2, -0.15) is 0 Å². The van der Waals surface area contributed by atoms with Crippen LogP contribution < -0.4 is 14.2 Å². The fourth-order valence-electron chi connectivity index (χ4n) is 3.63. The van der Waals surface area contributed by atoms with E-state index in [0.29, 0.717) is 73.4 Å². The van der Waals surface area contributed by atoms with Gasteiger partial charge in [0.25, 0.3) is 0 Å². The molecule has 0 fully saturated rings. The Balaban J connectivity index is 1.52. The van der Waals surface area contributed by atoms with E-state index >= 15 is 0 Å². The number of esters is 3. The fraction of sp³-hybridized carbons (Fsp3) is 0.300. The van der Waals surface area contributed by atoms with Crippen LogP contribution in [0.2, 0.25) is 0 Å². The van der Waals surface area contributed by atoms with Crippen LogP contribution in [0.15, 0.2) is 72.8 Å². The molecule has 0 amide bonds. The van der Waals surface area contributed by atoms with E-state index in [9.17, 15) is 14.4 Å². The highest BCUT2D eigenvalue weighted by Gasteiger charge is 2.10. The van der Waals surface area contributed by atoms with Gasteiger partial charge in [-0.1, -0.05) is 0 Å². The monoisotopic (exact) mass is 551 g/mol. The van der Waals surface area contributed by atoms with Crippen LogP contribution in [0.4, 0.5) is 0 Å². The molecule has 10 nitrogen and oxygen atoms in total. The molecule has 212 valence electrons. The molecule has 0 atom stereocenters. The van der Waals surface area contributed by atoms with Gasteiger partial charge in [0.05, 0.1) is 38.0 Å². The van der Waals surface area contributed by atoms with Crippen molar-refractivity contribution < 1.29 is 42.8 Å². The van der Waals surface area contributed by atoms with Gasteiger partial charge in [-0.25, -0.2) is 14.4 Å². The number of carbonyl (C=O) groups is 3. The van der Waals surface area contributed by atoms with E-state index in [0.717, 1.165) is 0 Å². The van der Waals surface area contributed by atoms with Gasteiger partial charge >= 0.3 is 17.9 Å². The van der Waals surface area contributed by atoms with E-state index in [-0.39, 0.29) is 0 Å². The summed E-state index contributed by atoms with van der Waals surface area (Å²) in [5.74, 6) is 0.692. The van der Waals surface area contributed by atoms with Crippen molar-refractivity contribution in [2.75, 3.05) is 60.8 Å². The molecule has 0 unspecified atom stereocenters. The molecule has 0 saturated carbocycles. The first kappa shape index (κ1) is 30.0. The number of methoxy groups -OCH3 is 3. The van der Waals surface area contributed by atoms with Gasteiger partial charge in [0.1, 0.15) is 37.1 Å². The molecule has 0 aromatic heterocycles. The largest absolute Gasteiger partial charge is 0.492 e. The molecule has 40 heavy (non-hydrogen) atoms. The summed E-state index contributed by atoms with van der Waals surface area (Å²) in [6, 6.07) is 20.2. The van der Waals surface area contributed by atoms with Gasteiger partial charge in [-0.05, 0) is 72.8 Å². The first-order chi connectivity index (χ1) is 19.4. The molecule has 0 aliphatic heterocycles. The first-order valence-corrected chi connectivity index (χ1v) is 12.6. The Morgan fingerprint density at radius 2 is 0.725 bits per heavy atom. The molecule has 0 radical (unpaired) electrons. The van der Waals surface area contributed by atoms with Gasteiger partial charge in [0.2, 0.25) is 0 Å². The lowest BCUT2D eigenvalue weighted by Crippen LogP contribution is -2.35. The van der Waals surface area contributed by atoms with E-state index in [1.807, 2.05) is 0 Å². The Kier molecular flexibility index (Phi) is 11.8. The first-order valence-electron chi connectivity index (χ1n) is 12.6. The zero-order chi connectivity index (χ0) is 28.7. The highest BCUT2D eigenvalue weighted by Crippen LogP contribution is 2.15. The molecule has 0 aliphatic carbocycles. The predicted octanol–water partition coefficient (Wildman–Crippen LogP) is 3.89. The molecular weight excluding hydrogens is 518 g/mol. The zero-order valence-electron chi connectivity index (χ0n) is 22.8. The Hall–Kier alpha value is -4.57. The summed E-state index contributed by atoms with van der Waals surface area (Å²) in [6.45, 7) is 2.98. The molecule has 0 aliphatic rings. The van der Waals surface area contributed by atoms with Gasteiger partial charge in [-0.3, -0.25) is 4.90 Å². The summed E-state index contributed by atoms with van der Waals surface area (Å²) >= 11 is 0. The number of ether oxygens (including phenoxy) is 6. The normalized spacial score (nSPS) is 10.5. The topological polar surface area (TPSA) is 110 Å². The highest BCUT2D eigenvalue weighted by molar-refractivity contribution is 5.90. The SMILES string of the molecule is COC(=O)c1ccc(OCCN(CCOc2ccc(C(=O)OC)cc2)CCOc2ccc(C(=O)OC)cc2)cc1. The second-order valence-corrected chi connectivity index (χ2v) is 8.43. The van der Waals surface area contributed by atoms with Crippen LogP contribution in [-0.2, 0) is 14.2 Å². The van der Waals surface area contributed by atoms with Gasteiger partial charge in [-0.15, -0.1) is 0 Å². The van der Waals surface area contributed by atoms with Crippen LogP contribution in [0.5, 0.6) is 17.2 Å². The predicted molar refractivity (Wildman–Crippen MR) is 146 cm³/mol. The fourth-order valence-corrected chi connectivity index (χ4v) is 3.63. The Morgan fingerprint density at radius 3 is 0.950 bits per heavy atom. The number of hydrogen-bond donors (Lipinski definition) is 0. The van der Waals surface area contributed by atoms with E-state index in [2.05, 4.69) is 4.90 Å². The average molecular weight is 552 g/mol. The number of nitrogens with zero attached hydrogens (tertiary/aromatic N) is 1. The van der Waals surface area contributed by atoms with Gasteiger partial charge in [0, 0.05) is 19.6 Å². The van der Waals surface area contributed by atoms with E-state index in [1.54, 1.807) is 72.8 Å². The minimum absolute atomic E-state index is 0.402. The molecule has 0 spiro atoms. The quantitative estimate of drug-likeness (QED) is 0.204. The summed E-state index contributed by atoms with van der Waals surface area (Å²) in [7, 11) is 4.01. The van der Waals surface area contributed by atoms with Crippen molar-refractivity contribution in [3.63, 3.8) is 0 Å². The Labute approximate surface area is 233 Å². The average Bonchev–Trinajstić information content (AvgIpc) is 3.00. The zero-order valence-corrected chi connectivity index (χ0v) is 22.8. The summed E-state index contributed by atoms with van der Waals surface area (Å²) < 4.78 is 31.7. The molecule has 3 aromatic carbocycles. The van der Waals surface area contributed by atoms with Crippen LogP contribution in [0.3, 0.4) is 0 Å². The molecular formula is C30H33NO9. The molecule has 0 bridgehead atoms.